The van der Waals surface area contributed by atoms with Crippen molar-refractivity contribution in [1.82, 2.24) is 25.1 Å². The molecule has 1 aromatic heterocycles. The van der Waals surface area contributed by atoms with Crippen molar-refractivity contribution >= 4 is 36.0 Å². The Morgan fingerprint density at radius 3 is 2.71 bits per heavy atom. The fourth-order valence-electron chi connectivity index (χ4n) is 3.15. The van der Waals surface area contributed by atoms with Gasteiger partial charge in [-0.3, -0.25) is 4.99 Å². The van der Waals surface area contributed by atoms with E-state index in [1.807, 2.05) is 39.5 Å². The summed E-state index contributed by atoms with van der Waals surface area (Å²) in [6, 6.07) is 0.380. The quantitative estimate of drug-likeness (QED) is 0.278. The molecule has 1 saturated heterocycles. The number of likely N-dealkylation sites (tertiary alicyclic amines) is 1. The molecule has 8 nitrogen and oxygen atoms in total. The minimum absolute atomic E-state index is 0. The molecule has 1 aromatic rings. The Bertz CT molecular complexity index is 614. The van der Waals surface area contributed by atoms with E-state index in [1.54, 1.807) is 0 Å². The van der Waals surface area contributed by atoms with Gasteiger partial charge in [0.2, 0.25) is 0 Å². The number of halogens is 1. The van der Waals surface area contributed by atoms with Crippen LogP contribution >= 0.6 is 24.0 Å². The zero-order valence-corrected chi connectivity index (χ0v) is 20.0. The maximum Gasteiger partial charge on any atom is 0.407 e. The topological polar surface area (TPSA) is 83.8 Å². The Hall–Kier alpha value is -1.52. The summed E-state index contributed by atoms with van der Waals surface area (Å²) in [4.78, 5) is 22.9. The van der Waals surface area contributed by atoms with Gasteiger partial charge in [-0.1, -0.05) is 6.92 Å². The van der Waals surface area contributed by atoms with Gasteiger partial charge in [0.05, 0.1) is 18.9 Å². The number of carbonyl (C=O) groups excluding carboxylic acids is 1. The van der Waals surface area contributed by atoms with Crippen LogP contribution in [0.1, 0.15) is 47.1 Å². The molecule has 0 spiro atoms. The van der Waals surface area contributed by atoms with Crippen molar-refractivity contribution in [3.8, 4) is 0 Å². The van der Waals surface area contributed by atoms with E-state index < -0.39 is 11.7 Å². The van der Waals surface area contributed by atoms with Crippen LogP contribution in [0.5, 0.6) is 0 Å². The van der Waals surface area contributed by atoms with E-state index in [1.165, 1.54) is 0 Å². The van der Waals surface area contributed by atoms with E-state index in [0.29, 0.717) is 25.0 Å². The first-order valence-electron chi connectivity index (χ1n) is 9.77. The second-order valence-corrected chi connectivity index (χ2v) is 7.95. The molecule has 9 heteroatoms. The third kappa shape index (κ3) is 7.84. The van der Waals surface area contributed by atoms with Crippen molar-refractivity contribution in [1.29, 1.82) is 0 Å². The summed E-state index contributed by atoms with van der Waals surface area (Å²) >= 11 is 0. The molecule has 2 N–H and O–H groups in total. The Kier molecular flexibility index (Phi) is 10.0. The van der Waals surface area contributed by atoms with Crippen LogP contribution in [0, 0.1) is 5.92 Å². The van der Waals surface area contributed by atoms with Crippen molar-refractivity contribution in [2.75, 3.05) is 32.7 Å². The molecule has 2 heterocycles. The number of ether oxygens (including phenoxy) is 1. The minimum atomic E-state index is -0.491. The Morgan fingerprint density at radius 1 is 1.36 bits per heavy atom. The standard InChI is InChI=1S/C19H34N6O2.HI/c1-6-21-17(22-8-9-23-18(26)27-19(3,4)5)24-11-7-15(2)16(13-24)25-12-10-20-14-25;/h10,12,14-16H,6-9,11,13H2,1-5H3,(H,21,22)(H,23,26);1H. The van der Waals surface area contributed by atoms with Gasteiger partial charge in [-0.05, 0) is 40.0 Å². The number of carbonyl (C=O) groups is 1. The van der Waals surface area contributed by atoms with Crippen molar-refractivity contribution in [2.45, 2.75) is 52.7 Å². The van der Waals surface area contributed by atoms with Crippen LogP contribution in [0.15, 0.2) is 23.7 Å². The van der Waals surface area contributed by atoms with Gasteiger partial charge >= 0.3 is 6.09 Å². The molecule has 1 fully saturated rings. The highest BCUT2D eigenvalue weighted by molar-refractivity contribution is 14.0. The summed E-state index contributed by atoms with van der Waals surface area (Å²) in [5.74, 6) is 1.48. The monoisotopic (exact) mass is 506 g/mol. The lowest BCUT2D eigenvalue weighted by atomic mass is 9.93. The molecule has 160 valence electrons. The van der Waals surface area contributed by atoms with Gasteiger partial charge in [0.1, 0.15) is 5.60 Å². The number of hydrogen-bond acceptors (Lipinski definition) is 4. The van der Waals surface area contributed by atoms with Crippen molar-refractivity contribution in [3.05, 3.63) is 18.7 Å². The molecule has 0 radical (unpaired) electrons. The maximum atomic E-state index is 11.7. The number of imidazole rings is 1. The van der Waals surface area contributed by atoms with Crippen LogP contribution in [0.25, 0.3) is 0 Å². The molecule has 0 bridgehead atoms. The number of piperidine rings is 1. The second kappa shape index (κ2) is 11.5. The first kappa shape index (κ1) is 24.5. The van der Waals surface area contributed by atoms with Crippen molar-refractivity contribution in [3.63, 3.8) is 0 Å². The number of alkyl carbamates (subject to hydrolysis) is 1. The Morgan fingerprint density at radius 2 is 2.11 bits per heavy atom. The van der Waals surface area contributed by atoms with E-state index >= 15 is 0 Å². The van der Waals surface area contributed by atoms with E-state index in [-0.39, 0.29) is 24.0 Å². The van der Waals surface area contributed by atoms with Gasteiger partial charge in [0.25, 0.3) is 0 Å². The fourth-order valence-corrected chi connectivity index (χ4v) is 3.15. The number of nitrogens with one attached hydrogen (secondary N) is 2. The molecule has 28 heavy (non-hydrogen) atoms. The molecular weight excluding hydrogens is 471 g/mol. The van der Waals surface area contributed by atoms with Gasteiger partial charge < -0.3 is 24.8 Å². The number of amides is 1. The first-order chi connectivity index (χ1) is 12.8. The molecule has 0 aromatic carbocycles. The molecular formula is C19H35IN6O2. The number of guanidine groups is 1. The predicted octanol–water partition coefficient (Wildman–Crippen LogP) is 2.87. The van der Waals surface area contributed by atoms with Crippen LogP contribution in [0.2, 0.25) is 0 Å². The van der Waals surface area contributed by atoms with E-state index in [4.69, 9.17) is 4.74 Å². The first-order valence-corrected chi connectivity index (χ1v) is 9.77. The van der Waals surface area contributed by atoms with Crippen molar-refractivity contribution < 1.29 is 9.53 Å². The summed E-state index contributed by atoms with van der Waals surface area (Å²) in [7, 11) is 0. The zero-order valence-electron chi connectivity index (χ0n) is 17.6. The van der Waals surface area contributed by atoms with Crippen molar-refractivity contribution in [2.24, 2.45) is 10.9 Å². The molecule has 1 aliphatic rings. The average Bonchev–Trinajstić information content (AvgIpc) is 3.11. The van der Waals surface area contributed by atoms with Gasteiger partial charge in [0.15, 0.2) is 5.96 Å². The number of hydrogen-bond donors (Lipinski definition) is 2. The van der Waals surface area contributed by atoms with E-state index in [0.717, 1.165) is 32.0 Å². The highest BCUT2D eigenvalue weighted by Crippen LogP contribution is 2.27. The largest absolute Gasteiger partial charge is 0.444 e. The Labute approximate surface area is 185 Å². The predicted molar refractivity (Wildman–Crippen MR) is 122 cm³/mol. The average molecular weight is 506 g/mol. The lowest BCUT2D eigenvalue weighted by molar-refractivity contribution is 0.0529. The van der Waals surface area contributed by atoms with E-state index in [2.05, 4.69) is 43.9 Å². The smallest absolute Gasteiger partial charge is 0.407 e. The third-order valence-electron chi connectivity index (χ3n) is 4.50. The van der Waals surface area contributed by atoms with Crippen LogP contribution in [0.3, 0.4) is 0 Å². The molecule has 2 atom stereocenters. The van der Waals surface area contributed by atoms with E-state index in [9.17, 15) is 4.79 Å². The van der Waals surface area contributed by atoms with Gasteiger partial charge in [0, 0.05) is 38.6 Å². The second-order valence-electron chi connectivity index (χ2n) is 7.95. The number of aliphatic imine (C=N–C) groups is 1. The zero-order chi connectivity index (χ0) is 19.9. The number of rotatable bonds is 5. The molecule has 2 unspecified atom stereocenters. The Balaban J connectivity index is 0.00000392. The fraction of sp³-hybridized carbons (Fsp3) is 0.737. The van der Waals surface area contributed by atoms with Gasteiger partial charge in [-0.25, -0.2) is 9.78 Å². The van der Waals surface area contributed by atoms with Crippen LogP contribution in [-0.2, 0) is 4.74 Å². The molecule has 2 rings (SSSR count). The van der Waals surface area contributed by atoms with Crippen LogP contribution in [0.4, 0.5) is 4.79 Å². The summed E-state index contributed by atoms with van der Waals surface area (Å²) in [6.45, 7) is 13.5. The van der Waals surface area contributed by atoms with Crippen LogP contribution < -0.4 is 10.6 Å². The normalized spacial score (nSPS) is 20.3. The SMILES string of the molecule is CCNC(=NCCNC(=O)OC(C)(C)C)N1CCC(C)C(n2ccnc2)C1.I. The minimum Gasteiger partial charge on any atom is -0.444 e. The van der Waals surface area contributed by atoms with Gasteiger partial charge in [-0.15, -0.1) is 24.0 Å². The lowest BCUT2D eigenvalue weighted by Crippen LogP contribution is -2.49. The molecule has 1 aliphatic heterocycles. The molecule has 0 saturated carbocycles. The highest BCUT2D eigenvalue weighted by Gasteiger charge is 2.28. The number of nitrogens with zero attached hydrogens (tertiary/aromatic N) is 4. The summed E-state index contributed by atoms with van der Waals surface area (Å²) < 4.78 is 7.43. The summed E-state index contributed by atoms with van der Waals surface area (Å²) in [5, 5.41) is 6.12. The van der Waals surface area contributed by atoms with Crippen LogP contribution in [-0.4, -0.2) is 64.8 Å². The third-order valence-corrected chi connectivity index (χ3v) is 4.50. The number of aromatic nitrogens is 2. The van der Waals surface area contributed by atoms with Gasteiger partial charge in [-0.2, -0.15) is 0 Å². The molecule has 0 aliphatic carbocycles. The summed E-state index contributed by atoms with van der Waals surface area (Å²) in [6.07, 6.45) is 6.44. The summed E-state index contributed by atoms with van der Waals surface area (Å²) in [5.41, 5.74) is -0.491. The highest BCUT2D eigenvalue weighted by atomic mass is 127. The lowest BCUT2D eigenvalue weighted by Gasteiger charge is -2.39. The molecule has 1 amide bonds. The maximum absolute atomic E-state index is 11.7.